The average Bonchev–Trinajstić information content (AvgIpc) is 2.66. The molecule has 2 aromatic rings. The average molecular weight is 338 g/mol. The maximum Gasteiger partial charge on any atom is 0.271 e. The number of carbonyl (C=O) groups is 1. The van der Waals surface area contributed by atoms with Gasteiger partial charge in [-0.3, -0.25) is 4.79 Å². The molecule has 1 amide bonds. The highest BCUT2D eigenvalue weighted by Gasteiger charge is 2.01. The van der Waals surface area contributed by atoms with Gasteiger partial charge in [0, 0.05) is 5.56 Å². The van der Waals surface area contributed by atoms with Gasteiger partial charge in [-0.25, -0.2) is 5.43 Å². The zero-order chi connectivity index (χ0) is 17.7. The highest BCUT2D eigenvalue weighted by molar-refractivity contribution is 5.94. The maximum atomic E-state index is 11.9. The molecule has 132 valence electrons. The summed E-state index contributed by atoms with van der Waals surface area (Å²) in [5.41, 5.74) is 4.01. The lowest BCUT2D eigenvalue weighted by molar-refractivity contribution is 0.0955. The molecule has 0 aromatic heterocycles. The van der Waals surface area contributed by atoms with Gasteiger partial charge < -0.3 is 4.74 Å². The third kappa shape index (κ3) is 7.21. The number of ether oxygens (including phenoxy) is 1. The van der Waals surface area contributed by atoms with E-state index in [0.29, 0.717) is 5.56 Å². The molecule has 0 unspecified atom stereocenters. The first-order valence-electron chi connectivity index (χ1n) is 8.91. The second-order valence-corrected chi connectivity index (χ2v) is 5.90. The van der Waals surface area contributed by atoms with Gasteiger partial charge in [0.25, 0.3) is 5.91 Å². The van der Waals surface area contributed by atoms with Crippen LogP contribution in [0.1, 0.15) is 54.9 Å². The summed E-state index contributed by atoms with van der Waals surface area (Å²) in [6, 6.07) is 16.7. The largest absolute Gasteiger partial charge is 0.494 e. The molecule has 0 saturated carbocycles. The van der Waals surface area contributed by atoms with Crippen molar-refractivity contribution in [3.05, 3.63) is 65.7 Å². The summed E-state index contributed by atoms with van der Waals surface area (Å²) < 4.78 is 5.73. The SMILES string of the molecule is CCCCCCCOc1ccc(/C=N/NC(=O)c2ccccc2)cc1. The molecule has 0 aliphatic heterocycles. The van der Waals surface area contributed by atoms with Crippen LogP contribution < -0.4 is 10.2 Å². The number of rotatable bonds is 10. The summed E-state index contributed by atoms with van der Waals surface area (Å²) in [5.74, 6) is 0.640. The Morgan fingerprint density at radius 2 is 1.72 bits per heavy atom. The molecule has 0 aliphatic carbocycles. The zero-order valence-electron chi connectivity index (χ0n) is 14.8. The van der Waals surface area contributed by atoms with Crippen molar-refractivity contribution in [2.75, 3.05) is 6.61 Å². The highest BCUT2D eigenvalue weighted by Crippen LogP contribution is 2.12. The van der Waals surface area contributed by atoms with Gasteiger partial charge >= 0.3 is 0 Å². The predicted molar refractivity (Wildman–Crippen MR) is 102 cm³/mol. The van der Waals surface area contributed by atoms with Gasteiger partial charge in [0.15, 0.2) is 0 Å². The molecule has 0 heterocycles. The minimum Gasteiger partial charge on any atom is -0.494 e. The Bertz CT molecular complexity index is 651. The van der Waals surface area contributed by atoms with Crippen molar-refractivity contribution in [3.8, 4) is 5.75 Å². The molecule has 0 atom stereocenters. The summed E-state index contributed by atoms with van der Waals surface area (Å²) in [6.07, 6.45) is 7.78. The van der Waals surface area contributed by atoms with Crippen molar-refractivity contribution in [2.45, 2.75) is 39.0 Å². The van der Waals surface area contributed by atoms with Crippen LogP contribution >= 0.6 is 0 Å². The van der Waals surface area contributed by atoms with Gasteiger partial charge in [0.2, 0.25) is 0 Å². The Kier molecular flexibility index (Phi) is 8.25. The fourth-order valence-electron chi connectivity index (χ4n) is 2.37. The van der Waals surface area contributed by atoms with E-state index >= 15 is 0 Å². The van der Waals surface area contributed by atoms with E-state index in [0.717, 1.165) is 24.3 Å². The highest BCUT2D eigenvalue weighted by atomic mass is 16.5. The number of hydrogen-bond acceptors (Lipinski definition) is 3. The lowest BCUT2D eigenvalue weighted by Gasteiger charge is -2.06. The molecular formula is C21H26N2O2. The summed E-state index contributed by atoms with van der Waals surface area (Å²) in [4.78, 5) is 11.9. The van der Waals surface area contributed by atoms with Gasteiger partial charge in [-0.1, -0.05) is 50.8 Å². The molecule has 2 rings (SSSR count). The monoisotopic (exact) mass is 338 g/mol. The van der Waals surface area contributed by atoms with E-state index in [1.54, 1.807) is 18.3 Å². The van der Waals surface area contributed by atoms with E-state index in [9.17, 15) is 4.79 Å². The van der Waals surface area contributed by atoms with Crippen LogP contribution in [-0.4, -0.2) is 18.7 Å². The van der Waals surface area contributed by atoms with Crippen LogP contribution in [0.5, 0.6) is 5.75 Å². The third-order valence-corrected chi connectivity index (χ3v) is 3.81. The third-order valence-electron chi connectivity index (χ3n) is 3.81. The molecule has 4 nitrogen and oxygen atoms in total. The van der Waals surface area contributed by atoms with Gasteiger partial charge in [-0.15, -0.1) is 0 Å². The molecule has 4 heteroatoms. The van der Waals surface area contributed by atoms with E-state index < -0.39 is 0 Å². The number of hydrogen-bond donors (Lipinski definition) is 1. The van der Waals surface area contributed by atoms with E-state index in [1.165, 1.54) is 25.7 Å². The Labute approximate surface area is 149 Å². The minimum absolute atomic E-state index is 0.222. The first kappa shape index (κ1) is 18.7. The van der Waals surface area contributed by atoms with Crippen molar-refractivity contribution >= 4 is 12.1 Å². The zero-order valence-corrected chi connectivity index (χ0v) is 14.8. The van der Waals surface area contributed by atoms with Crippen molar-refractivity contribution in [2.24, 2.45) is 5.10 Å². The molecule has 1 N–H and O–H groups in total. The van der Waals surface area contributed by atoms with E-state index in [-0.39, 0.29) is 5.91 Å². The molecule has 0 saturated heterocycles. The second kappa shape index (κ2) is 11.0. The number of amides is 1. The van der Waals surface area contributed by atoms with Crippen LogP contribution in [0, 0.1) is 0 Å². The molecule has 0 radical (unpaired) electrons. The number of carbonyl (C=O) groups excluding carboxylic acids is 1. The lowest BCUT2D eigenvalue weighted by atomic mass is 10.2. The standard InChI is InChI=1S/C21H26N2O2/c1-2-3-4-5-9-16-25-20-14-12-18(13-15-20)17-22-23-21(24)19-10-7-6-8-11-19/h6-8,10-15,17H,2-5,9,16H2,1H3,(H,23,24)/b22-17+. The van der Waals surface area contributed by atoms with Crippen LogP contribution in [0.25, 0.3) is 0 Å². The van der Waals surface area contributed by atoms with Gasteiger partial charge in [0.1, 0.15) is 5.75 Å². The van der Waals surface area contributed by atoms with E-state index in [1.807, 2.05) is 42.5 Å². The first-order valence-corrected chi connectivity index (χ1v) is 8.91. The lowest BCUT2D eigenvalue weighted by Crippen LogP contribution is -2.17. The van der Waals surface area contributed by atoms with Crippen LogP contribution in [-0.2, 0) is 0 Å². The fraction of sp³-hybridized carbons (Fsp3) is 0.333. The number of hydrazone groups is 1. The van der Waals surface area contributed by atoms with Crippen LogP contribution in [0.4, 0.5) is 0 Å². The molecule has 25 heavy (non-hydrogen) atoms. The van der Waals surface area contributed by atoms with Crippen molar-refractivity contribution in [1.29, 1.82) is 0 Å². The van der Waals surface area contributed by atoms with Crippen molar-refractivity contribution < 1.29 is 9.53 Å². The molecule has 0 aliphatic rings. The van der Waals surface area contributed by atoms with Crippen LogP contribution in [0.3, 0.4) is 0 Å². The Balaban J connectivity index is 1.71. The molecule has 2 aromatic carbocycles. The van der Waals surface area contributed by atoms with Crippen LogP contribution in [0.15, 0.2) is 59.7 Å². The quantitative estimate of drug-likeness (QED) is 0.384. The van der Waals surface area contributed by atoms with Gasteiger partial charge in [-0.05, 0) is 48.4 Å². The van der Waals surface area contributed by atoms with Crippen molar-refractivity contribution in [3.63, 3.8) is 0 Å². The Morgan fingerprint density at radius 3 is 2.44 bits per heavy atom. The number of nitrogens with zero attached hydrogens (tertiary/aromatic N) is 1. The fourth-order valence-corrected chi connectivity index (χ4v) is 2.37. The summed E-state index contributed by atoms with van der Waals surface area (Å²) in [6.45, 7) is 2.97. The predicted octanol–water partition coefficient (Wildman–Crippen LogP) is 4.80. The molecule has 0 spiro atoms. The van der Waals surface area contributed by atoms with Crippen molar-refractivity contribution in [1.82, 2.24) is 5.43 Å². The van der Waals surface area contributed by atoms with E-state index in [4.69, 9.17) is 4.74 Å². The topological polar surface area (TPSA) is 50.7 Å². The normalized spacial score (nSPS) is 10.8. The summed E-state index contributed by atoms with van der Waals surface area (Å²) in [5, 5.41) is 3.99. The number of benzene rings is 2. The van der Waals surface area contributed by atoms with Gasteiger partial charge in [-0.2, -0.15) is 5.10 Å². The summed E-state index contributed by atoms with van der Waals surface area (Å²) >= 11 is 0. The first-order chi connectivity index (χ1) is 12.3. The van der Waals surface area contributed by atoms with Crippen LogP contribution in [0.2, 0.25) is 0 Å². The number of nitrogens with one attached hydrogen (secondary N) is 1. The Morgan fingerprint density at radius 1 is 1.00 bits per heavy atom. The smallest absolute Gasteiger partial charge is 0.271 e. The van der Waals surface area contributed by atoms with Gasteiger partial charge in [0.05, 0.1) is 12.8 Å². The molecule has 0 fully saturated rings. The second-order valence-electron chi connectivity index (χ2n) is 5.90. The Hall–Kier alpha value is -2.62. The maximum absolute atomic E-state index is 11.9. The minimum atomic E-state index is -0.222. The number of unbranched alkanes of at least 4 members (excludes halogenated alkanes) is 4. The molecular weight excluding hydrogens is 312 g/mol. The summed E-state index contributed by atoms with van der Waals surface area (Å²) in [7, 11) is 0. The molecule has 0 bridgehead atoms. The van der Waals surface area contributed by atoms with E-state index in [2.05, 4.69) is 17.5 Å².